The second-order valence-corrected chi connectivity index (χ2v) is 5.17. The summed E-state index contributed by atoms with van der Waals surface area (Å²) in [5.41, 5.74) is 0. The van der Waals surface area contributed by atoms with E-state index in [4.69, 9.17) is 4.74 Å². The van der Waals surface area contributed by atoms with Crippen LogP contribution in [-0.4, -0.2) is 56.4 Å². The monoisotopic (exact) mass is 296 g/mol. The first-order chi connectivity index (χ1) is 9.35. The lowest BCUT2D eigenvalue weighted by molar-refractivity contribution is -0.164. The molecule has 0 bridgehead atoms. The number of carbonyl (C=O) groups excluding carboxylic acids is 1. The van der Waals surface area contributed by atoms with Crippen molar-refractivity contribution in [2.24, 2.45) is 11.8 Å². The number of nitrogens with zero attached hydrogens (tertiary/aromatic N) is 1. The van der Waals surface area contributed by atoms with Crippen LogP contribution in [0.5, 0.6) is 0 Å². The maximum atomic E-state index is 12.6. The van der Waals surface area contributed by atoms with E-state index in [9.17, 15) is 18.0 Å². The molecule has 7 heteroatoms. The van der Waals surface area contributed by atoms with Gasteiger partial charge in [0.15, 0.2) is 0 Å². The van der Waals surface area contributed by atoms with Gasteiger partial charge in [0.25, 0.3) is 0 Å². The van der Waals surface area contributed by atoms with Gasteiger partial charge in [0.2, 0.25) is 5.91 Å². The van der Waals surface area contributed by atoms with Gasteiger partial charge < -0.3 is 15.0 Å². The lowest BCUT2D eigenvalue weighted by atomic mass is 9.96. The minimum atomic E-state index is -4.36. The van der Waals surface area contributed by atoms with Crippen molar-refractivity contribution in [3.05, 3.63) is 0 Å². The summed E-state index contributed by atoms with van der Waals surface area (Å²) in [6.07, 6.45) is -3.94. The van der Waals surface area contributed by atoms with Crippen molar-refractivity contribution in [1.29, 1.82) is 0 Å². The summed E-state index contributed by atoms with van der Waals surface area (Å²) in [5.74, 6) is -0.689. The highest BCUT2D eigenvalue weighted by Gasteiger charge is 2.38. The Hall–Kier alpha value is -0.820. The second-order valence-electron chi connectivity index (χ2n) is 5.17. The average molecular weight is 296 g/mol. The molecule has 118 valence electrons. The van der Waals surface area contributed by atoms with Crippen molar-refractivity contribution >= 4 is 5.91 Å². The number of rotatable bonds is 7. The molecule has 0 aromatic carbocycles. The van der Waals surface area contributed by atoms with E-state index in [-0.39, 0.29) is 18.4 Å². The summed E-state index contributed by atoms with van der Waals surface area (Å²) in [6, 6.07) is 0. The van der Waals surface area contributed by atoms with Gasteiger partial charge in [0.1, 0.15) is 6.54 Å². The number of halogens is 3. The number of hydrogen-bond acceptors (Lipinski definition) is 3. The van der Waals surface area contributed by atoms with Gasteiger partial charge in [-0.1, -0.05) is 6.92 Å². The minimum Gasteiger partial charge on any atom is -0.382 e. The molecule has 0 unspecified atom stereocenters. The van der Waals surface area contributed by atoms with Crippen molar-refractivity contribution in [2.45, 2.75) is 26.4 Å². The zero-order valence-corrected chi connectivity index (χ0v) is 12.0. The normalized spacial score (nSPS) is 23.1. The van der Waals surface area contributed by atoms with Crippen molar-refractivity contribution in [3.8, 4) is 0 Å². The first-order valence-corrected chi connectivity index (χ1v) is 6.99. The molecule has 4 nitrogen and oxygen atoms in total. The zero-order valence-electron chi connectivity index (χ0n) is 12.0. The van der Waals surface area contributed by atoms with E-state index in [1.54, 1.807) is 0 Å². The van der Waals surface area contributed by atoms with Crippen LogP contribution in [0, 0.1) is 11.8 Å². The summed E-state index contributed by atoms with van der Waals surface area (Å²) in [4.78, 5) is 13.2. The second kappa shape index (κ2) is 7.83. The van der Waals surface area contributed by atoms with Gasteiger partial charge in [0, 0.05) is 26.3 Å². The Kier molecular flexibility index (Phi) is 6.75. The highest BCUT2D eigenvalue weighted by molar-refractivity contribution is 5.79. The Morgan fingerprint density at radius 3 is 2.60 bits per heavy atom. The Bertz CT molecular complexity index is 310. The lowest BCUT2D eigenvalue weighted by Gasteiger charge is -2.27. The molecular formula is C13H23F3N2O2. The molecule has 1 saturated heterocycles. The SMILES string of the molecule is CCOCCCN(CC(F)(F)F)C(=O)[C@@H]1CNC[C@H]1C. The molecule has 0 aromatic heterocycles. The van der Waals surface area contributed by atoms with Gasteiger partial charge in [-0.05, 0) is 25.8 Å². The third-order valence-corrected chi connectivity index (χ3v) is 3.44. The standard InChI is InChI=1S/C13H23F3N2O2/c1-3-20-6-4-5-18(9-13(14,15)16)12(19)11-8-17-7-10(11)2/h10-11,17H,3-9H2,1-2H3/t10-,11-/m1/s1. The molecule has 0 saturated carbocycles. The first kappa shape index (κ1) is 17.2. The van der Waals surface area contributed by atoms with Gasteiger partial charge in [-0.25, -0.2) is 0 Å². The van der Waals surface area contributed by atoms with Gasteiger partial charge in [0.05, 0.1) is 5.92 Å². The van der Waals surface area contributed by atoms with E-state index in [0.29, 0.717) is 32.7 Å². The molecule has 1 aliphatic rings. The molecule has 20 heavy (non-hydrogen) atoms. The summed E-state index contributed by atoms with van der Waals surface area (Å²) < 4.78 is 42.9. The number of nitrogens with one attached hydrogen (secondary N) is 1. The van der Waals surface area contributed by atoms with Crippen LogP contribution in [0.15, 0.2) is 0 Å². The highest BCUT2D eigenvalue weighted by atomic mass is 19.4. The molecule has 0 aliphatic carbocycles. The van der Waals surface area contributed by atoms with Gasteiger partial charge in [-0.2, -0.15) is 13.2 Å². The molecule has 0 radical (unpaired) electrons. The summed E-state index contributed by atoms with van der Waals surface area (Å²) in [7, 11) is 0. The van der Waals surface area contributed by atoms with Crippen LogP contribution < -0.4 is 5.32 Å². The Labute approximate surface area is 117 Å². The van der Waals surface area contributed by atoms with Crippen LogP contribution in [0.25, 0.3) is 0 Å². The molecule has 2 atom stereocenters. The fraction of sp³-hybridized carbons (Fsp3) is 0.923. The smallest absolute Gasteiger partial charge is 0.382 e. The predicted octanol–water partition coefficient (Wildman–Crippen LogP) is 1.66. The van der Waals surface area contributed by atoms with E-state index in [2.05, 4.69) is 5.32 Å². The van der Waals surface area contributed by atoms with Crippen molar-refractivity contribution in [1.82, 2.24) is 10.2 Å². The van der Waals surface area contributed by atoms with Crippen molar-refractivity contribution in [3.63, 3.8) is 0 Å². The molecular weight excluding hydrogens is 273 g/mol. The van der Waals surface area contributed by atoms with Crippen LogP contribution in [-0.2, 0) is 9.53 Å². The quantitative estimate of drug-likeness (QED) is 0.727. The fourth-order valence-corrected chi connectivity index (χ4v) is 2.36. The minimum absolute atomic E-state index is 0.0742. The summed E-state index contributed by atoms with van der Waals surface area (Å²) in [6.45, 7) is 4.64. The third kappa shape index (κ3) is 5.66. The molecule has 1 aliphatic heterocycles. The van der Waals surface area contributed by atoms with Crippen molar-refractivity contribution < 1.29 is 22.7 Å². The van der Waals surface area contributed by atoms with E-state index in [0.717, 1.165) is 4.90 Å². The number of carbonyl (C=O) groups is 1. The van der Waals surface area contributed by atoms with E-state index in [1.165, 1.54) is 0 Å². The number of alkyl halides is 3. The van der Waals surface area contributed by atoms with Crippen LogP contribution >= 0.6 is 0 Å². The Balaban J connectivity index is 2.58. The molecule has 1 N–H and O–H groups in total. The summed E-state index contributed by atoms with van der Waals surface area (Å²) >= 11 is 0. The predicted molar refractivity (Wildman–Crippen MR) is 69.3 cm³/mol. The molecule has 1 heterocycles. The molecule has 1 rings (SSSR count). The Morgan fingerprint density at radius 1 is 1.40 bits per heavy atom. The number of ether oxygens (including phenoxy) is 1. The van der Waals surface area contributed by atoms with Crippen LogP contribution in [0.1, 0.15) is 20.3 Å². The molecule has 1 fully saturated rings. The lowest BCUT2D eigenvalue weighted by Crippen LogP contribution is -2.44. The highest BCUT2D eigenvalue weighted by Crippen LogP contribution is 2.22. The van der Waals surface area contributed by atoms with Gasteiger partial charge >= 0.3 is 6.18 Å². The molecule has 0 spiro atoms. The zero-order chi connectivity index (χ0) is 15.2. The summed E-state index contributed by atoms with van der Waals surface area (Å²) in [5, 5.41) is 3.04. The van der Waals surface area contributed by atoms with E-state index < -0.39 is 18.6 Å². The maximum absolute atomic E-state index is 12.6. The van der Waals surface area contributed by atoms with Crippen molar-refractivity contribution in [2.75, 3.05) is 39.4 Å². The number of amides is 1. The van der Waals surface area contributed by atoms with Crippen LogP contribution in [0.2, 0.25) is 0 Å². The van der Waals surface area contributed by atoms with Gasteiger partial charge in [-0.15, -0.1) is 0 Å². The third-order valence-electron chi connectivity index (χ3n) is 3.44. The fourth-order valence-electron chi connectivity index (χ4n) is 2.36. The van der Waals surface area contributed by atoms with Crippen LogP contribution in [0.4, 0.5) is 13.2 Å². The Morgan fingerprint density at radius 2 is 2.10 bits per heavy atom. The van der Waals surface area contributed by atoms with Gasteiger partial charge in [-0.3, -0.25) is 4.79 Å². The average Bonchev–Trinajstić information content (AvgIpc) is 2.77. The molecule has 1 amide bonds. The largest absolute Gasteiger partial charge is 0.406 e. The van der Waals surface area contributed by atoms with Crippen LogP contribution in [0.3, 0.4) is 0 Å². The first-order valence-electron chi connectivity index (χ1n) is 6.99. The topological polar surface area (TPSA) is 41.6 Å². The number of hydrogen-bond donors (Lipinski definition) is 1. The van der Waals surface area contributed by atoms with E-state index >= 15 is 0 Å². The molecule has 0 aromatic rings. The maximum Gasteiger partial charge on any atom is 0.406 e. The van der Waals surface area contributed by atoms with E-state index in [1.807, 2.05) is 13.8 Å².